The number of aromatic nitrogens is 2. The van der Waals surface area contributed by atoms with Crippen LogP contribution in [-0.4, -0.2) is 33.9 Å². The maximum Gasteiger partial charge on any atom is 0.274 e. The second-order valence-electron chi connectivity index (χ2n) is 5.28. The van der Waals surface area contributed by atoms with Gasteiger partial charge in [0.15, 0.2) is 0 Å². The fourth-order valence-electron chi connectivity index (χ4n) is 1.39. The van der Waals surface area contributed by atoms with Gasteiger partial charge in [-0.15, -0.1) is 0 Å². The fraction of sp³-hybridized carbons (Fsp3) is 0.583. The maximum absolute atomic E-state index is 12.1. The summed E-state index contributed by atoms with van der Waals surface area (Å²) in [5.41, 5.74) is 5.77. The summed E-state index contributed by atoms with van der Waals surface area (Å²) in [5.74, 6) is 0.174. The lowest BCUT2D eigenvalue weighted by Gasteiger charge is -2.35. The summed E-state index contributed by atoms with van der Waals surface area (Å²) >= 11 is 0. The molecule has 0 saturated heterocycles. The Hall–Kier alpha value is -1.65. The number of nitrogens with zero attached hydrogens (tertiary/aromatic N) is 3. The Morgan fingerprint density at radius 1 is 1.35 bits per heavy atom. The number of hydrogen-bond acceptors (Lipinski definition) is 4. The minimum atomic E-state index is -0.139. The standard InChI is InChI=1S/C12H20N4O/c1-8(12(2,3)4)16(5)11(17)9-6-15-10(13)7-14-9/h6-8H,1-5H3,(H2,13,15). The van der Waals surface area contributed by atoms with E-state index in [1.807, 2.05) is 6.92 Å². The van der Waals surface area contributed by atoms with Gasteiger partial charge in [0.25, 0.3) is 5.91 Å². The molecule has 5 nitrogen and oxygen atoms in total. The van der Waals surface area contributed by atoms with Crippen molar-refractivity contribution in [1.82, 2.24) is 14.9 Å². The summed E-state index contributed by atoms with van der Waals surface area (Å²) in [6, 6.07) is 0.106. The van der Waals surface area contributed by atoms with E-state index in [9.17, 15) is 4.79 Å². The van der Waals surface area contributed by atoms with Gasteiger partial charge in [-0.05, 0) is 12.3 Å². The molecule has 0 bridgehead atoms. The first-order valence-corrected chi connectivity index (χ1v) is 5.58. The highest BCUT2D eigenvalue weighted by Crippen LogP contribution is 2.23. The lowest BCUT2D eigenvalue weighted by Crippen LogP contribution is -2.43. The Balaban J connectivity index is 2.87. The van der Waals surface area contributed by atoms with Crippen LogP contribution in [0, 0.1) is 5.41 Å². The fourth-order valence-corrected chi connectivity index (χ4v) is 1.39. The van der Waals surface area contributed by atoms with E-state index in [1.165, 1.54) is 12.4 Å². The number of carbonyl (C=O) groups excluding carboxylic acids is 1. The van der Waals surface area contributed by atoms with E-state index in [-0.39, 0.29) is 17.4 Å². The lowest BCUT2D eigenvalue weighted by atomic mass is 9.87. The molecule has 1 unspecified atom stereocenters. The number of nitrogens with two attached hydrogens (primary N) is 1. The van der Waals surface area contributed by atoms with Gasteiger partial charge < -0.3 is 10.6 Å². The zero-order chi connectivity index (χ0) is 13.2. The molecule has 0 spiro atoms. The maximum atomic E-state index is 12.1. The van der Waals surface area contributed by atoms with Crippen molar-refractivity contribution in [3.8, 4) is 0 Å². The van der Waals surface area contributed by atoms with Crippen molar-refractivity contribution in [3.63, 3.8) is 0 Å². The molecular weight excluding hydrogens is 216 g/mol. The summed E-state index contributed by atoms with van der Waals surface area (Å²) in [6.07, 6.45) is 2.80. The van der Waals surface area contributed by atoms with Crippen LogP contribution in [0.3, 0.4) is 0 Å². The van der Waals surface area contributed by atoms with Gasteiger partial charge in [-0.25, -0.2) is 9.97 Å². The first-order chi connectivity index (χ1) is 7.73. The Bertz CT molecular complexity index is 394. The number of hydrogen-bond donors (Lipinski definition) is 1. The molecule has 94 valence electrons. The van der Waals surface area contributed by atoms with Crippen molar-refractivity contribution >= 4 is 11.7 Å². The summed E-state index contributed by atoms with van der Waals surface area (Å²) in [4.78, 5) is 21.7. The normalized spacial score (nSPS) is 13.2. The minimum absolute atomic E-state index is 0.0195. The average molecular weight is 236 g/mol. The highest BCUT2D eigenvalue weighted by molar-refractivity contribution is 5.92. The first kappa shape index (κ1) is 13.4. The van der Waals surface area contributed by atoms with Crippen molar-refractivity contribution in [2.45, 2.75) is 33.7 Å². The third-order valence-corrected chi connectivity index (χ3v) is 3.05. The van der Waals surface area contributed by atoms with Crippen LogP contribution in [0.2, 0.25) is 0 Å². The summed E-state index contributed by atoms with van der Waals surface area (Å²) in [5, 5.41) is 0. The molecule has 2 N–H and O–H groups in total. The van der Waals surface area contributed by atoms with Gasteiger partial charge >= 0.3 is 0 Å². The zero-order valence-corrected chi connectivity index (χ0v) is 11.1. The van der Waals surface area contributed by atoms with Gasteiger partial charge in [-0.1, -0.05) is 20.8 Å². The molecular formula is C12H20N4O. The number of amides is 1. The predicted molar refractivity (Wildman–Crippen MR) is 67.5 cm³/mol. The van der Waals surface area contributed by atoms with Crippen LogP contribution in [0.15, 0.2) is 12.4 Å². The molecule has 5 heteroatoms. The second kappa shape index (κ2) is 4.69. The third kappa shape index (κ3) is 3.15. The van der Waals surface area contributed by atoms with E-state index < -0.39 is 0 Å². The minimum Gasteiger partial charge on any atom is -0.382 e. The van der Waals surface area contributed by atoms with E-state index in [0.29, 0.717) is 11.5 Å². The Morgan fingerprint density at radius 2 is 1.94 bits per heavy atom. The number of anilines is 1. The Labute approximate surface area is 102 Å². The smallest absolute Gasteiger partial charge is 0.274 e. The van der Waals surface area contributed by atoms with Gasteiger partial charge in [0.2, 0.25) is 0 Å². The molecule has 1 aromatic heterocycles. The lowest BCUT2D eigenvalue weighted by molar-refractivity contribution is 0.0623. The molecule has 1 heterocycles. The van der Waals surface area contributed by atoms with Gasteiger partial charge in [0, 0.05) is 13.1 Å². The molecule has 0 fully saturated rings. The van der Waals surface area contributed by atoms with Crippen LogP contribution in [0.5, 0.6) is 0 Å². The van der Waals surface area contributed by atoms with Crippen molar-refractivity contribution in [2.75, 3.05) is 12.8 Å². The van der Waals surface area contributed by atoms with Gasteiger partial charge in [-0.2, -0.15) is 0 Å². The van der Waals surface area contributed by atoms with Crippen molar-refractivity contribution in [2.24, 2.45) is 5.41 Å². The third-order valence-electron chi connectivity index (χ3n) is 3.05. The molecule has 0 radical (unpaired) electrons. The number of carbonyl (C=O) groups is 1. The molecule has 0 aliphatic rings. The molecule has 1 atom stereocenters. The number of nitrogen functional groups attached to an aromatic ring is 1. The van der Waals surface area contributed by atoms with Crippen LogP contribution in [-0.2, 0) is 0 Å². The van der Waals surface area contributed by atoms with Crippen LogP contribution in [0.4, 0.5) is 5.82 Å². The van der Waals surface area contributed by atoms with E-state index in [0.717, 1.165) is 0 Å². The largest absolute Gasteiger partial charge is 0.382 e. The van der Waals surface area contributed by atoms with Crippen LogP contribution < -0.4 is 5.73 Å². The van der Waals surface area contributed by atoms with Crippen LogP contribution in [0.25, 0.3) is 0 Å². The van der Waals surface area contributed by atoms with Gasteiger partial charge in [0.05, 0.1) is 12.4 Å². The molecule has 1 amide bonds. The van der Waals surface area contributed by atoms with E-state index >= 15 is 0 Å². The van der Waals surface area contributed by atoms with Gasteiger partial charge in [0.1, 0.15) is 11.5 Å². The predicted octanol–water partition coefficient (Wildman–Crippen LogP) is 1.57. The first-order valence-electron chi connectivity index (χ1n) is 5.58. The molecule has 17 heavy (non-hydrogen) atoms. The van der Waals surface area contributed by atoms with Crippen molar-refractivity contribution in [3.05, 3.63) is 18.1 Å². The van der Waals surface area contributed by atoms with Crippen LogP contribution in [0.1, 0.15) is 38.2 Å². The summed E-state index contributed by atoms with van der Waals surface area (Å²) in [7, 11) is 1.77. The zero-order valence-electron chi connectivity index (χ0n) is 11.1. The highest BCUT2D eigenvalue weighted by Gasteiger charge is 2.28. The highest BCUT2D eigenvalue weighted by atomic mass is 16.2. The topological polar surface area (TPSA) is 72.1 Å². The van der Waals surface area contributed by atoms with Gasteiger partial charge in [-0.3, -0.25) is 4.79 Å². The SMILES string of the molecule is CC(N(C)C(=O)c1cnc(N)cn1)C(C)(C)C. The molecule has 0 saturated carbocycles. The molecule has 0 aromatic carbocycles. The molecule has 0 aliphatic heterocycles. The van der Waals surface area contributed by atoms with Crippen LogP contribution >= 0.6 is 0 Å². The van der Waals surface area contributed by atoms with Crippen molar-refractivity contribution in [1.29, 1.82) is 0 Å². The molecule has 1 rings (SSSR count). The Kier molecular flexibility index (Phi) is 3.70. The summed E-state index contributed by atoms with van der Waals surface area (Å²) in [6.45, 7) is 8.30. The van der Waals surface area contributed by atoms with E-state index in [2.05, 4.69) is 30.7 Å². The quantitative estimate of drug-likeness (QED) is 0.846. The van der Waals surface area contributed by atoms with E-state index in [1.54, 1.807) is 11.9 Å². The Morgan fingerprint density at radius 3 is 2.35 bits per heavy atom. The molecule has 1 aromatic rings. The molecule has 0 aliphatic carbocycles. The average Bonchev–Trinajstić information content (AvgIpc) is 2.26. The summed E-state index contributed by atoms with van der Waals surface area (Å²) < 4.78 is 0. The van der Waals surface area contributed by atoms with Crippen molar-refractivity contribution < 1.29 is 4.79 Å². The monoisotopic (exact) mass is 236 g/mol. The van der Waals surface area contributed by atoms with E-state index in [4.69, 9.17) is 5.73 Å². The second-order valence-corrected chi connectivity index (χ2v) is 5.28. The number of rotatable bonds is 2.